The largest absolute Gasteiger partial charge is 0.493 e. The summed E-state index contributed by atoms with van der Waals surface area (Å²) in [5.41, 5.74) is 6.91. The van der Waals surface area contributed by atoms with Gasteiger partial charge in [-0.2, -0.15) is 5.10 Å². The molecule has 1 saturated heterocycles. The van der Waals surface area contributed by atoms with Crippen molar-refractivity contribution in [2.45, 2.75) is 58.4 Å². The van der Waals surface area contributed by atoms with Crippen LogP contribution in [-0.4, -0.2) is 50.7 Å². The van der Waals surface area contributed by atoms with E-state index < -0.39 is 0 Å². The maximum absolute atomic E-state index is 5.61. The van der Waals surface area contributed by atoms with Crippen molar-refractivity contribution in [3.8, 4) is 17.0 Å². The van der Waals surface area contributed by atoms with E-state index in [4.69, 9.17) is 4.74 Å². The minimum atomic E-state index is 0.380. The second-order valence-electron chi connectivity index (χ2n) is 9.63. The van der Waals surface area contributed by atoms with Crippen LogP contribution in [0.1, 0.15) is 63.5 Å². The van der Waals surface area contributed by atoms with Gasteiger partial charge in [0.05, 0.1) is 12.8 Å². The molecule has 1 aliphatic heterocycles. The van der Waals surface area contributed by atoms with Gasteiger partial charge >= 0.3 is 0 Å². The number of fused-ring (bicyclic) bond motifs is 2. The van der Waals surface area contributed by atoms with Crippen LogP contribution in [0, 0.1) is 0 Å². The normalized spacial score (nSPS) is 17.8. The summed E-state index contributed by atoms with van der Waals surface area (Å²) < 4.78 is 7.40. The Labute approximate surface area is 189 Å². The van der Waals surface area contributed by atoms with Crippen molar-refractivity contribution in [1.29, 1.82) is 0 Å². The number of benzene rings is 1. The molecule has 6 nitrogen and oxygen atoms in total. The van der Waals surface area contributed by atoms with Crippen LogP contribution in [0.3, 0.4) is 0 Å². The highest BCUT2D eigenvalue weighted by atomic mass is 16.5. The topological polar surface area (TPSA) is 58.5 Å². The van der Waals surface area contributed by atoms with Gasteiger partial charge in [-0.1, -0.05) is 19.9 Å². The number of hydrogen-bond donors (Lipinski definition) is 1. The van der Waals surface area contributed by atoms with Crippen molar-refractivity contribution in [3.63, 3.8) is 0 Å². The Morgan fingerprint density at radius 3 is 2.75 bits per heavy atom. The van der Waals surface area contributed by atoms with Crippen LogP contribution < -0.4 is 4.74 Å². The fourth-order valence-electron chi connectivity index (χ4n) is 5.24. The van der Waals surface area contributed by atoms with E-state index in [2.05, 4.69) is 71.9 Å². The van der Waals surface area contributed by atoms with Gasteiger partial charge in [0.25, 0.3) is 0 Å². The molecule has 4 heterocycles. The van der Waals surface area contributed by atoms with Crippen LogP contribution in [0.25, 0.3) is 27.8 Å². The fourth-order valence-corrected chi connectivity index (χ4v) is 5.24. The van der Waals surface area contributed by atoms with Gasteiger partial charge in [-0.15, -0.1) is 0 Å². The number of methoxy groups -OCH3 is 1. The molecular weight excluding hydrogens is 398 g/mol. The summed E-state index contributed by atoms with van der Waals surface area (Å²) in [6.07, 6.45) is 6.13. The van der Waals surface area contributed by atoms with E-state index in [0.717, 1.165) is 29.2 Å². The average molecular weight is 432 g/mol. The Hall–Kier alpha value is -2.86. The van der Waals surface area contributed by atoms with Crippen molar-refractivity contribution in [2.24, 2.45) is 0 Å². The number of ether oxygens (including phenoxy) is 1. The zero-order valence-electron chi connectivity index (χ0n) is 19.7. The third-order valence-electron chi connectivity index (χ3n) is 6.94. The van der Waals surface area contributed by atoms with Crippen molar-refractivity contribution in [3.05, 3.63) is 47.9 Å². The molecule has 0 aliphatic carbocycles. The third-order valence-corrected chi connectivity index (χ3v) is 6.94. The van der Waals surface area contributed by atoms with Crippen LogP contribution in [0.15, 0.2) is 36.8 Å². The molecule has 1 N–H and O–H groups in total. The smallest absolute Gasteiger partial charge is 0.197 e. The van der Waals surface area contributed by atoms with Crippen molar-refractivity contribution in [1.82, 2.24) is 24.5 Å². The molecule has 1 aromatic carbocycles. The first-order chi connectivity index (χ1) is 15.5. The number of hydrogen-bond acceptors (Lipinski definition) is 4. The van der Waals surface area contributed by atoms with Crippen molar-refractivity contribution >= 4 is 16.6 Å². The van der Waals surface area contributed by atoms with Crippen molar-refractivity contribution in [2.75, 3.05) is 20.2 Å². The number of piperidine rings is 1. The van der Waals surface area contributed by atoms with Gasteiger partial charge < -0.3 is 14.6 Å². The molecule has 32 heavy (non-hydrogen) atoms. The monoisotopic (exact) mass is 431 g/mol. The van der Waals surface area contributed by atoms with E-state index in [1.807, 2.05) is 6.20 Å². The number of aromatic nitrogens is 4. The molecule has 1 unspecified atom stereocenters. The molecule has 1 atom stereocenters. The molecular formula is C26H33N5O. The van der Waals surface area contributed by atoms with Gasteiger partial charge in [-0.3, -0.25) is 0 Å². The molecule has 3 aromatic heterocycles. The molecule has 6 heteroatoms. The summed E-state index contributed by atoms with van der Waals surface area (Å²) in [7, 11) is 1.68. The van der Waals surface area contributed by atoms with E-state index in [-0.39, 0.29) is 0 Å². The van der Waals surface area contributed by atoms with E-state index in [0.29, 0.717) is 17.9 Å². The Balaban J connectivity index is 1.62. The van der Waals surface area contributed by atoms with Gasteiger partial charge in [-0.05, 0) is 74.4 Å². The second kappa shape index (κ2) is 8.24. The maximum atomic E-state index is 5.61. The summed E-state index contributed by atoms with van der Waals surface area (Å²) in [4.78, 5) is 10.6. The summed E-state index contributed by atoms with van der Waals surface area (Å²) in [6, 6.07) is 9.68. The highest BCUT2D eigenvalue weighted by Gasteiger charge is 2.24. The molecule has 0 amide bonds. The number of H-pyrrole nitrogens is 1. The molecule has 1 aliphatic rings. The number of pyridine rings is 1. The van der Waals surface area contributed by atoms with E-state index in [1.165, 1.54) is 41.4 Å². The lowest BCUT2D eigenvalue weighted by Gasteiger charge is -2.35. The summed E-state index contributed by atoms with van der Waals surface area (Å²) >= 11 is 0. The van der Waals surface area contributed by atoms with E-state index in [9.17, 15) is 0 Å². The lowest BCUT2D eigenvalue weighted by atomic mass is 9.88. The van der Waals surface area contributed by atoms with Crippen LogP contribution in [0.4, 0.5) is 0 Å². The molecule has 168 valence electrons. The zero-order chi connectivity index (χ0) is 22.4. The molecule has 0 saturated carbocycles. The number of rotatable bonds is 5. The number of aromatic amines is 1. The quantitative estimate of drug-likeness (QED) is 0.447. The Bertz CT molecular complexity index is 1250. The van der Waals surface area contributed by atoms with Gasteiger partial charge in [0.15, 0.2) is 11.4 Å². The highest BCUT2D eigenvalue weighted by Crippen LogP contribution is 2.39. The average Bonchev–Trinajstić information content (AvgIpc) is 3.42. The number of nitrogens with zero attached hydrogens (tertiary/aromatic N) is 4. The minimum Gasteiger partial charge on any atom is -0.493 e. The fraction of sp³-hybridized carbons (Fsp3) is 0.462. The van der Waals surface area contributed by atoms with E-state index >= 15 is 0 Å². The predicted molar refractivity (Wildman–Crippen MR) is 130 cm³/mol. The summed E-state index contributed by atoms with van der Waals surface area (Å²) in [6.45, 7) is 11.5. The standard InChI is InChI=1S/C26H33N5O/c1-16(2)24-21-11-18(19-7-6-10-30(13-19)17(3)4)8-9-22(21)29-25(24)20-12-23(32-5)26-27-15-28-31(26)14-20/h8-9,11-12,14-17,19,29H,6-7,10,13H2,1-5H3. The van der Waals surface area contributed by atoms with Crippen LogP contribution in [0.5, 0.6) is 5.75 Å². The van der Waals surface area contributed by atoms with Gasteiger partial charge in [0, 0.05) is 35.2 Å². The maximum Gasteiger partial charge on any atom is 0.197 e. The first-order valence-corrected chi connectivity index (χ1v) is 11.7. The lowest BCUT2D eigenvalue weighted by molar-refractivity contribution is 0.168. The Morgan fingerprint density at radius 2 is 2.00 bits per heavy atom. The second-order valence-corrected chi connectivity index (χ2v) is 9.63. The van der Waals surface area contributed by atoms with Gasteiger partial charge in [0.1, 0.15) is 6.33 Å². The molecule has 0 bridgehead atoms. The lowest BCUT2D eigenvalue weighted by Crippen LogP contribution is -2.39. The number of nitrogens with one attached hydrogen (secondary N) is 1. The molecule has 4 aromatic rings. The molecule has 0 radical (unpaired) electrons. The molecule has 0 spiro atoms. The van der Waals surface area contributed by atoms with E-state index in [1.54, 1.807) is 18.0 Å². The van der Waals surface area contributed by atoms with Gasteiger partial charge in [0.2, 0.25) is 0 Å². The van der Waals surface area contributed by atoms with Crippen LogP contribution in [0.2, 0.25) is 0 Å². The van der Waals surface area contributed by atoms with Crippen LogP contribution >= 0.6 is 0 Å². The SMILES string of the molecule is COc1cc(-c2[nH]c3ccc(C4CCCN(C(C)C)C4)cc3c2C(C)C)cn2ncnc12. The summed E-state index contributed by atoms with van der Waals surface area (Å²) in [5.74, 6) is 1.70. The van der Waals surface area contributed by atoms with Crippen LogP contribution in [-0.2, 0) is 0 Å². The molecule has 5 rings (SSSR count). The third kappa shape index (κ3) is 3.56. The highest BCUT2D eigenvalue weighted by molar-refractivity contribution is 5.92. The number of likely N-dealkylation sites (tertiary alicyclic amines) is 1. The summed E-state index contributed by atoms with van der Waals surface area (Å²) in [5, 5.41) is 5.67. The molecule has 1 fully saturated rings. The first kappa shape index (κ1) is 21.0. The zero-order valence-corrected chi connectivity index (χ0v) is 19.7. The minimum absolute atomic E-state index is 0.380. The Kier molecular flexibility index (Phi) is 5.41. The first-order valence-electron chi connectivity index (χ1n) is 11.7. The Morgan fingerprint density at radius 1 is 1.16 bits per heavy atom. The van der Waals surface area contributed by atoms with Crippen molar-refractivity contribution < 1.29 is 4.74 Å². The van der Waals surface area contributed by atoms with Gasteiger partial charge in [-0.25, -0.2) is 9.50 Å². The predicted octanol–water partition coefficient (Wildman–Crippen LogP) is 5.60.